The van der Waals surface area contributed by atoms with E-state index in [9.17, 15) is 14.4 Å². The van der Waals surface area contributed by atoms with E-state index in [-0.39, 0.29) is 32.0 Å². The fourth-order valence-electron chi connectivity index (χ4n) is 0.415. The van der Waals surface area contributed by atoms with Crippen molar-refractivity contribution in [1.29, 1.82) is 0 Å². The van der Waals surface area contributed by atoms with E-state index in [1.807, 2.05) is 6.92 Å². The Balaban J connectivity index is -0.000000209. The van der Waals surface area contributed by atoms with E-state index >= 15 is 0 Å². The molecular weight excluding hydrogens is 263 g/mol. The predicted molar refractivity (Wildman–Crippen MR) is 48.0 cm³/mol. The topological polar surface area (TPSA) is 60.4 Å². The van der Waals surface area contributed by atoms with Crippen LogP contribution in [-0.4, -0.2) is 17.7 Å². The van der Waals surface area contributed by atoms with Crippen LogP contribution in [-0.2, 0) is 45.3 Å². The number of Topliss-reactive ketones (excluding diaryl/α,β-unsaturated/α-hetero) is 1. The summed E-state index contributed by atoms with van der Waals surface area (Å²) in [5.41, 5.74) is 0. The SMILES string of the molecule is CC(C)=O.CCCC(=O)OC(C)=O.[Zr+2]. The zero-order chi connectivity index (χ0) is 10.9. The molecule has 0 aromatic rings. The smallest absolute Gasteiger partial charge is 0.393 e. The first-order valence-corrected chi connectivity index (χ1v) is 4.08. The minimum Gasteiger partial charge on any atom is -0.393 e. The standard InChI is InChI=1S/C6H10O3.C3H6O.Zr/c1-3-4-6(8)9-5(2)7;1-3(2)4;/h3-4H2,1-2H3;1-2H3;/q;;+2. The number of carbonyl (C=O) groups excluding carboxylic acids is 3. The van der Waals surface area contributed by atoms with Crippen molar-refractivity contribution in [2.24, 2.45) is 0 Å². The van der Waals surface area contributed by atoms with Crippen molar-refractivity contribution in [1.82, 2.24) is 0 Å². The van der Waals surface area contributed by atoms with Crippen LogP contribution in [0.2, 0.25) is 0 Å². The molecule has 0 heterocycles. The Morgan fingerprint density at radius 3 is 1.64 bits per heavy atom. The third-order valence-corrected chi connectivity index (χ3v) is 0.712. The molecule has 0 aliphatic rings. The molecule has 0 N–H and O–H groups in total. The zero-order valence-corrected chi connectivity index (χ0v) is 11.5. The second-order valence-electron chi connectivity index (χ2n) is 2.62. The molecular formula is C9H16O4Zr+2. The van der Waals surface area contributed by atoms with E-state index in [4.69, 9.17) is 0 Å². The Hall–Kier alpha value is -0.307. The molecule has 0 bridgehead atoms. The van der Waals surface area contributed by atoms with Crippen molar-refractivity contribution >= 4 is 17.7 Å². The maximum atomic E-state index is 10.4. The van der Waals surface area contributed by atoms with Gasteiger partial charge in [-0.25, -0.2) is 0 Å². The number of ether oxygens (including phenoxy) is 1. The van der Waals surface area contributed by atoms with Gasteiger partial charge in [-0.15, -0.1) is 0 Å². The van der Waals surface area contributed by atoms with Crippen LogP contribution in [0.3, 0.4) is 0 Å². The number of esters is 2. The Morgan fingerprint density at radius 2 is 1.43 bits per heavy atom. The molecule has 0 aromatic carbocycles. The summed E-state index contributed by atoms with van der Waals surface area (Å²) in [6.45, 7) is 6.12. The number of carbonyl (C=O) groups is 3. The van der Waals surface area contributed by atoms with E-state index in [1.54, 1.807) is 0 Å². The molecule has 14 heavy (non-hydrogen) atoms. The number of hydrogen-bond donors (Lipinski definition) is 0. The summed E-state index contributed by atoms with van der Waals surface area (Å²) in [5, 5.41) is 0. The maximum Gasteiger partial charge on any atom is 2.00 e. The monoisotopic (exact) mass is 278 g/mol. The quantitative estimate of drug-likeness (QED) is 0.567. The van der Waals surface area contributed by atoms with E-state index in [0.717, 1.165) is 0 Å². The molecule has 0 atom stereocenters. The first kappa shape index (κ1) is 19.3. The van der Waals surface area contributed by atoms with Crippen LogP contribution >= 0.6 is 0 Å². The minimum atomic E-state index is -0.534. The predicted octanol–water partition coefficient (Wildman–Crippen LogP) is 1.47. The molecule has 0 radical (unpaired) electrons. The largest absolute Gasteiger partial charge is 2.00 e. The first-order chi connectivity index (χ1) is 5.90. The van der Waals surface area contributed by atoms with Crippen LogP contribution < -0.4 is 0 Å². The van der Waals surface area contributed by atoms with Gasteiger partial charge < -0.3 is 9.53 Å². The van der Waals surface area contributed by atoms with Crippen molar-refractivity contribution in [2.75, 3.05) is 0 Å². The molecule has 0 amide bonds. The average molecular weight is 279 g/mol. The Morgan fingerprint density at radius 1 is 1.07 bits per heavy atom. The second-order valence-corrected chi connectivity index (χ2v) is 2.62. The fourth-order valence-corrected chi connectivity index (χ4v) is 0.415. The molecule has 0 rings (SSSR count). The Bertz CT molecular complexity index is 185. The van der Waals surface area contributed by atoms with Gasteiger partial charge in [0, 0.05) is 13.3 Å². The summed E-state index contributed by atoms with van der Waals surface area (Å²) in [5.74, 6) is -0.807. The Kier molecular flexibility index (Phi) is 17.5. The summed E-state index contributed by atoms with van der Waals surface area (Å²) < 4.78 is 4.21. The summed E-state index contributed by atoms with van der Waals surface area (Å²) in [6.07, 6.45) is 1.03. The van der Waals surface area contributed by atoms with Crippen molar-refractivity contribution in [3.05, 3.63) is 0 Å². The summed E-state index contributed by atoms with van der Waals surface area (Å²) in [7, 11) is 0. The van der Waals surface area contributed by atoms with Crippen LogP contribution in [0.25, 0.3) is 0 Å². The van der Waals surface area contributed by atoms with Gasteiger partial charge in [0.1, 0.15) is 5.78 Å². The van der Waals surface area contributed by atoms with Gasteiger partial charge in [-0.1, -0.05) is 6.92 Å². The van der Waals surface area contributed by atoms with E-state index in [0.29, 0.717) is 12.8 Å². The van der Waals surface area contributed by atoms with Crippen LogP contribution in [0.15, 0.2) is 0 Å². The Labute approximate surface area is 104 Å². The third kappa shape index (κ3) is 29.8. The molecule has 0 aromatic heterocycles. The average Bonchev–Trinajstić information content (AvgIpc) is 1.83. The summed E-state index contributed by atoms with van der Waals surface area (Å²) in [4.78, 5) is 29.9. The number of hydrogen-bond acceptors (Lipinski definition) is 4. The molecule has 0 aliphatic carbocycles. The van der Waals surface area contributed by atoms with Gasteiger partial charge in [-0.3, -0.25) is 9.59 Å². The maximum absolute atomic E-state index is 10.4. The number of rotatable bonds is 2. The van der Waals surface area contributed by atoms with Gasteiger partial charge in [0.2, 0.25) is 0 Å². The molecule has 0 aliphatic heterocycles. The van der Waals surface area contributed by atoms with E-state index < -0.39 is 11.9 Å². The molecule has 4 nitrogen and oxygen atoms in total. The normalized spacial score (nSPS) is 7.43. The molecule has 5 heteroatoms. The van der Waals surface area contributed by atoms with Gasteiger partial charge in [-0.2, -0.15) is 0 Å². The van der Waals surface area contributed by atoms with Crippen LogP contribution in [0.1, 0.15) is 40.5 Å². The van der Waals surface area contributed by atoms with Crippen molar-refractivity contribution in [3.63, 3.8) is 0 Å². The van der Waals surface area contributed by atoms with Gasteiger partial charge in [0.25, 0.3) is 0 Å². The van der Waals surface area contributed by atoms with Gasteiger partial charge in [-0.05, 0) is 20.3 Å². The van der Waals surface area contributed by atoms with E-state index in [2.05, 4.69) is 4.74 Å². The fraction of sp³-hybridized carbons (Fsp3) is 0.667. The number of ketones is 1. The third-order valence-electron chi connectivity index (χ3n) is 0.712. The summed E-state index contributed by atoms with van der Waals surface area (Å²) in [6, 6.07) is 0. The van der Waals surface area contributed by atoms with Crippen molar-refractivity contribution < 1.29 is 45.3 Å². The van der Waals surface area contributed by atoms with Gasteiger partial charge in [0.05, 0.1) is 0 Å². The molecule has 0 spiro atoms. The zero-order valence-electron chi connectivity index (χ0n) is 9.05. The molecule has 0 unspecified atom stereocenters. The summed E-state index contributed by atoms with van der Waals surface area (Å²) >= 11 is 0. The minimum absolute atomic E-state index is 0. The van der Waals surface area contributed by atoms with Crippen LogP contribution in [0, 0.1) is 0 Å². The van der Waals surface area contributed by atoms with Crippen molar-refractivity contribution in [2.45, 2.75) is 40.5 Å². The van der Waals surface area contributed by atoms with Crippen molar-refractivity contribution in [3.8, 4) is 0 Å². The first-order valence-electron chi connectivity index (χ1n) is 4.08. The second kappa shape index (κ2) is 12.7. The van der Waals surface area contributed by atoms with Gasteiger partial charge in [0.15, 0.2) is 0 Å². The molecule has 0 saturated carbocycles. The molecule has 78 valence electrons. The van der Waals surface area contributed by atoms with Crippen LogP contribution in [0.4, 0.5) is 0 Å². The van der Waals surface area contributed by atoms with Gasteiger partial charge >= 0.3 is 38.1 Å². The molecule has 0 saturated heterocycles. The molecule has 0 fully saturated rings. The van der Waals surface area contributed by atoms with E-state index in [1.165, 1.54) is 20.8 Å². The van der Waals surface area contributed by atoms with Crippen LogP contribution in [0.5, 0.6) is 0 Å².